The highest BCUT2D eigenvalue weighted by Gasteiger charge is 2.30. The molecule has 0 bridgehead atoms. The zero-order valence-electron chi connectivity index (χ0n) is 9.51. The average Bonchev–Trinajstić information content (AvgIpc) is 3.00. The summed E-state index contributed by atoms with van der Waals surface area (Å²) in [6.45, 7) is 1.69. The Kier molecular flexibility index (Phi) is 2.95. The van der Waals surface area contributed by atoms with Crippen LogP contribution >= 0.6 is 0 Å². The van der Waals surface area contributed by atoms with E-state index in [1.54, 1.807) is 13.0 Å². The van der Waals surface area contributed by atoms with E-state index < -0.39 is 15.8 Å². The van der Waals surface area contributed by atoms with Gasteiger partial charge in [-0.25, -0.2) is 13.2 Å². The van der Waals surface area contributed by atoms with Crippen LogP contribution in [0.4, 0.5) is 0 Å². The Labute approximate surface area is 100 Å². The van der Waals surface area contributed by atoms with E-state index in [9.17, 15) is 13.2 Å². The van der Waals surface area contributed by atoms with Crippen molar-refractivity contribution >= 4 is 15.8 Å². The number of hydrogen-bond donors (Lipinski definition) is 1. The van der Waals surface area contributed by atoms with Gasteiger partial charge in [0.1, 0.15) is 0 Å². The largest absolute Gasteiger partial charge is 0.478 e. The number of rotatable bonds is 4. The number of aryl methyl sites for hydroxylation is 1. The van der Waals surface area contributed by atoms with Gasteiger partial charge in [-0.2, -0.15) is 0 Å². The molecule has 92 valence electrons. The standard InChI is InChI=1S/C12H14O4S/c1-8-2-5-10(12(13)14)6-11(8)17(15,16)7-9-3-4-9/h2,5-6,9H,3-4,7H2,1H3,(H,13,14). The SMILES string of the molecule is Cc1ccc(C(=O)O)cc1S(=O)(=O)CC1CC1. The summed E-state index contributed by atoms with van der Waals surface area (Å²) >= 11 is 0. The van der Waals surface area contributed by atoms with E-state index in [1.165, 1.54) is 12.1 Å². The van der Waals surface area contributed by atoms with Crippen molar-refractivity contribution in [1.29, 1.82) is 0 Å². The third kappa shape index (κ3) is 2.66. The number of sulfone groups is 1. The van der Waals surface area contributed by atoms with Crippen LogP contribution in [-0.2, 0) is 9.84 Å². The van der Waals surface area contributed by atoms with Crippen molar-refractivity contribution in [3.05, 3.63) is 29.3 Å². The predicted octanol–water partition coefficient (Wildman–Crippen LogP) is 1.88. The van der Waals surface area contributed by atoms with Crippen LogP contribution in [0, 0.1) is 12.8 Å². The summed E-state index contributed by atoms with van der Waals surface area (Å²) in [5, 5.41) is 8.87. The van der Waals surface area contributed by atoms with E-state index in [-0.39, 0.29) is 22.1 Å². The summed E-state index contributed by atoms with van der Waals surface area (Å²) in [5.41, 5.74) is 0.626. The summed E-state index contributed by atoms with van der Waals surface area (Å²) in [6.07, 6.45) is 1.91. The number of carboxylic acid groups (broad SMARTS) is 1. The Bertz CT molecular complexity index is 556. The topological polar surface area (TPSA) is 71.4 Å². The predicted molar refractivity (Wildman–Crippen MR) is 62.9 cm³/mol. The fourth-order valence-electron chi connectivity index (χ4n) is 1.75. The smallest absolute Gasteiger partial charge is 0.335 e. The van der Waals surface area contributed by atoms with Gasteiger partial charge in [-0.1, -0.05) is 6.07 Å². The molecular formula is C12H14O4S. The number of benzene rings is 1. The molecule has 0 atom stereocenters. The molecule has 0 heterocycles. The third-order valence-corrected chi connectivity index (χ3v) is 4.94. The molecule has 0 amide bonds. The van der Waals surface area contributed by atoms with Gasteiger partial charge in [-0.15, -0.1) is 0 Å². The van der Waals surface area contributed by atoms with Crippen LogP contribution in [0.5, 0.6) is 0 Å². The van der Waals surface area contributed by atoms with E-state index >= 15 is 0 Å². The molecule has 1 aromatic carbocycles. The molecule has 1 aromatic rings. The molecule has 1 N–H and O–H groups in total. The summed E-state index contributed by atoms with van der Waals surface area (Å²) in [5.74, 6) is -0.711. The van der Waals surface area contributed by atoms with Gasteiger partial charge in [0, 0.05) is 0 Å². The second-order valence-corrected chi connectivity index (χ2v) is 6.51. The zero-order valence-corrected chi connectivity index (χ0v) is 10.3. The van der Waals surface area contributed by atoms with Crippen LogP contribution in [0.15, 0.2) is 23.1 Å². The summed E-state index contributed by atoms with van der Waals surface area (Å²) in [6, 6.07) is 4.23. The molecule has 1 fully saturated rings. The molecule has 0 aromatic heterocycles. The molecule has 5 heteroatoms. The molecule has 0 aliphatic heterocycles. The van der Waals surface area contributed by atoms with Crippen molar-refractivity contribution in [2.75, 3.05) is 5.75 Å². The molecule has 0 radical (unpaired) electrons. The van der Waals surface area contributed by atoms with Gasteiger partial charge in [0.2, 0.25) is 0 Å². The Balaban J connectivity index is 2.42. The van der Waals surface area contributed by atoms with Gasteiger partial charge in [0.15, 0.2) is 9.84 Å². The second kappa shape index (κ2) is 4.14. The van der Waals surface area contributed by atoms with E-state index in [0.717, 1.165) is 12.8 Å². The Morgan fingerprint density at radius 2 is 2.06 bits per heavy atom. The Hall–Kier alpha value is -1.36. The van der Waals surface area contributed by atoms with Crippen molar-refractivity contribution in [2.24, 2.45) is 5.92 Å². The lowest BCUT2D eigenvalue weighted by molar-refractivity contribution is 0.0696. The molecule has 0 saturated heterocycles. The number of aromatic carboxylic acids is 1. The van der Waals surface area contributed by atoms with E-state index in [4.69, 9.17) is 5.11 Å². The van der Waals surface area contributed by atoms with Crippen LogP contribution in [0.1, 0.15) is 28.8 Å². The fraction of sp³-hybridized carbons (Fsp3) is 0.417. The van der Waals surface area contributed by atoms with E-state index in [2.05, 4.69) is 0 Å². The minimum Gasteiger partial charge on any atom is -0.478 e. The van der Waals surface area contributed by atoms with Gasteiger partial charge < -0.3 is 5.11 Å². The molecule has 17 heavy (non-hydrogen) atoms. The van der Waals surface area contributed by atoms with E-state index in [1.807, 2.05) is 0 Å². The highest BCUT2D eigenvalue weighted by molar-refractivity contribution is 7.91. The van der Waals surface area contributed by atoms with Gasteiger partial charge in [0.25, 0.3) is 0 Å². The minimum atomic E-state index is -3.35. The fourth-order valence-corrected chi connectivity index (χ4v) is 3.75. The monoisotopic (exact) mass is 254 g/mol. The lowest BCUT2D eigenvalue weighted by atomic mass is 10.1. The Morgan fingerprint density at radius 1 is 1.41 bits per heavy atom. The highest BCUT2D eigenvalue weighted by atomic mass is 32.2. The van der Waals surface area contributed by atoms with Gasteiger partial charge in [-0.3, -0.25) is 0 Å². The normalized spacial score (nSPS) is 15.8. The summed E-state index contributed by atoms with van der Waals surface area (Å²) in [4.78, 5) is 11.0. The van der Waals surface area contributed by atoms with Crippen LogP contribution in [0.2, 0.25) is 0 Å². The lowest BCUT2D eigenvalue weighted by Crippen LogP contribution is -2.11. The Morgan fingerprint density at radius 3 is 2.59 bits per heavy atom. The first-order valence-electron chi connectivity index (χ1n) is 5.47. The number of hydrogen-bond acceptors (Lipinski definition) is 3. The first-order valence-corrected chi connectivity index (χ1v) is 7.12. The quantitative estimate of drug-likeness (QED) is 0.890. The van der Waals surface area contributed by atoms with Crippen LogP contribution in [-0.4, -0.2) is 25.2 Å². The van der Waals surface area contributed by atoms with E-state index in [0.29, 0.717) is 5.56 Å². The van der Waals surface area contributed by atoms with Crippen LogP contribution in [0.25, 0.3) is 0 Å². The lowest BCUT2D eigenvalue weighted by Gasteiger charge is -2.08. The summed E-state index contributed by atoms with van der Waals surface area (Å²) in [7, 11) is -3.35. The van der Waals surface area contributed by atoms with Crippen LogP contribution < -0.4 is 0 Å². The number of carbonyl (C=O) groups is 1. The highest BCUT2D eigenvalue weighted by Crippen LogP contribution is 2.33. The van der Waals surface area contributed by atoms with Crippen molar-refractivity contribution in [1.82, 2.24) is 0 Å². The number of carboxylic acids is 1. The molecule has 1 saturated carbocycles. The molecule has 2 rings (SSSR count). The van der Waals surface area contributed by atoms with Crippen molar-refractivity contribution in [2.45, 2.75) is 24.7 Å². The second-order valence-electron chi connectivity index (χ2n) is 4.51. The van der Waals surface area contributed by atoms with Gasteiger partial charge in [0.05, 0.1) is 16.2 Å². The molecule has 1 aliphatic rings. The molecule has 4 nitrogen and oxygen atoms in total. The molecule has 0 spiro atoms. The molecule has 0 unspecified atom stereocenters. The zero-order chi connectivity index (χ0) is 12.6. The van der Waals surface area contributed by atoms with Gasteiger partial charge in [-0.05, 0) is 43.4 Å². The first-order chi connectivity index (χ1) is 7.90. The molecular weight excluding hydrogens is 240 g/mol. The average molecular weight is 254 g/mol. The first kappa shape index (κ1) is 12.1. The minimum absolute atomic E-state index is 0.0185. The molecule has 1 aliphatic carbocycles. The van der Waals surface area contributed by atoms with Crippen molar-refractivity contribution < 1.29 is 18.3 Å². The third-order valence-electron chi connectivity index (χ3n) is 2.92. The summed E-state index contributed by atoms with van der Waals surface area (Å²) < 4.78 is 24.2. The maximum Gasteiger partial charge on any atom is 0.335 e. The maximum atomic E-state index is 12.1. The van der Waals surface area contributed by atoms with Crippen molar-refractivity contribution in [3.8, 4) is 0 Å². The van der Waals surface area contributed by atoms with Gasteiger partial charge >= 0.3 is 5.97 Å². The maximum absolute atomic E-state index is 12.1. The van der Waals surface area contributed by atoms with Crippen molar-refractivity contribution in [3.63, 3.8) is 0 Å². The van der Waals surface area contributed by atoms with Crippen LogP contribution in [0.3, 0.4) is 0 Å².